The molecule has 0 saturated carbocycles. The fraction of sp³-hybridized carbons (Fsp3) is 0.174. The molecule has 0 aromatic heterocycles. The van der Waals surface area contributed by atoms with E-state index < -0.39 is 6.10 Å². The number of hydrogen-bond acceptors (Lipinski definition) is 3. The standard InChI is InChI=1S/C23H22ClNO3/c1-15-13-21(22(27-3)14-20(15)24)25-23(26)16(2)28-19-11-9-18(10-12-19)17-7-5-4-6-8-17/h4-14,16H,1-3H3,(H,25,26)/t16-/m0/s1. The maximum Gasteiger partial charge on any atom is 0.265 e. The number of carbonyl (C=O) groups excluding carboxylic acids is 1. The highest BCUT2D eigenvalue weighted by atomic mass is 35.5. The largest absolute Gasteiger partial charge is 0.495 e. The van der Waals surface area contributed by atoms with Crippen molar-refractivity contribution in [3.05, 3.63) is 77.3 Å². The predicted molar refractivity (Wildman–Crippen MR) is 113 cm³/mol. The van der Waals surface area contributed by atoms with Gasteiger partial charge in [-0.1, -0.05) is 54.1 Å². The number of carbonyl (C=O) groups is 1. The first-order valence-corrected chi connectivity index (χ1v) is 9.33. The minimum Gasteiger partial charge on any atom is -0.495 e. The Bertz CT molecular complexity index is 956. The predicted octanol–water partition coefficient (Wildman–Crippen LogP) is 5.73. The summed E-state index contributed by atoms with van der Waals surface area (Å²) in [5.41, 5.74) is 3.63. The molecule has 5 heteroatoms. The van der Waals surface area contributed by atoms with Crippen molar-refractivity contribution in [2.24, 2.45) is 0 Å². The molecule has 3 aromatic rings. The number of aryl methyl sites for hydroxylation is 1. The topological polar surface area (TPSA) is 47.6 Å². The van der Waals surface area contributed by atoms with Crippen molar-refractivity contribution in [1.29, 1.82) is 0 Å². The molecule has 1 N–H and O–H groups in total. The minimum atomic E-state index is -0.678. The van der Waals surface area contributed by atoms with Gasteiger partial charge in [-0.15, -0.1) is 0 Å². The first-order valence-electron chi connectivity index (χ1n) is 8.95. The molecule has 0 unspecified atom stereocenters. The number of anilines is 1. The highest BCUT2D eigenvalue weighted by Gasteiger charge is 2.17. The van der Waals surface area contributed by atoms with Crippen molar-refractivity contribution in [3.8, 4) is 22.6 Å². The molecule has 1 amide bonds. The molecule has 0 fully saturated rings. The first kappa shape index (κ1) is 19.8. The molecular weight excluding hydrogens is 374 g/mol. The Morgan fingerprint density at radius 3 is 2.29 bits per heavy atom. The third-order valence-electron chi connectivity index (χ3n) is 4.38. The van der Waals surface area contributed by atoms with Crippen molar-refractivity contribution in [3.63, 3.8) is 0 Å². The van der Waals surface area contributed by atoms with E-state index in [0.717, 1.165) is 16.7 Å². The highest BCUT2D eigenvalue weighted by molar-refractivity contribution is 6.31. The van der Waals surface area contributed by atoms with E-state index in [1.54, 1.807) is 19.1 Å². The van der Waals surface area contributed by atoms with E-state index >= 15 is 0 Å². The van der Waals surface area contributed by atoms with Gasteiger partial charge >= 0.3 is 0 Å². The lowest BCUT2D eigenvalue weighted by Gasteiger charge is -2.17. The zero-order valence-corrected chi connectivity index (χ0v) is 16.8. The molecule has 0 spiro atoms. The van der Waals surface area contributed by atoms with E-state index in [4.69, 9.17) is 21.1 Å². The van der Waals surface area contributed by atoms with E-state index in [0.29, 0.717) is 22.2 Å². The molecule has 3 aromatic carbocycles. The molecular formula is C23H22ClNO3. The van der Waals surface area contributed by atoms with Crippen LogP contribution in [0, 0.1) is 6.92 Å². The van der Waals surface area contributed by atoms with Gasteiger partial charge in [0.1, 0.15) is 11.5 Å². The Balaban J connectivity index is 1.67. The Kier molecular flexibility index (Phi) is 6.22. The van der Waals surface area contributed by atoms with Gasteiger partial charge in [-0.3, -0.25) is 4.79 Å². The van der Waals surface area contributed by atoms with Gasteiger partial charge in [0.05, 0.1) is 12.8 Å². The minimum absolute atomic E-state index is 0.271. The molecule has 0 aliphatic carbocycles. The lowest BCUT2D eigenvalue weighted by molar-refractivity contribution is -0.122. The summed E-state index contributed by atoms with van der Waals surface area (Å²) in [6, 6.07) is 21.2. The van der Waals surface area contributed by atoms with Gasteiger partial charge in [0.2, 0.25) is 0 Å². The van der Waals surface area contributed by atoms with Crippen LogP contribution in [0.25, 0.3) is 11.1 Å². The second-order valence-electron chi connectivity index (χ2n) is 6.44. The number of ether oxygens (including phenoxy) is 2. The molecule has 0 radical (unpaired) electrons. The molecule has 0 aliphatic rings. The first-order chi connectivity index (χ1) is 13.5. The summed E-state index contributed by atoms with van der Waals surface area (Å²) < 4.78 is 11.1. The quantitative estimate of drug-likeness (QED) is 0.579. The number of hydrogen-bond donors (Lipinski definition) is 1. The lowest BCUT2D eigenvalue weighted by atomic mass is 10.1. The van der Waals surface area contributed by atoms with E-state index in [1.807, 2.05) is 61.5 Å². The highest BCUT2D eigenvalue weighted by Crippen LogP contribution is 2.31. The maximum absolute atomic E-state index is 12.5. The Morgan fingerprint density at radius 2 is 1.64 bits per heavy atom. The van der Waals surface area contributed by atoms with Crippen molar-refractivity contribution in [1.82, 2.24) is 0 Å². The van der Waals surface area contributed by atoms with Crippen molar-refractivity contribution < 1.29 is 14.3 Å². The SMILES string of the molecule is COc1cc(Cl)c(C)cc1NC(=O)[C@H](C)Oc1ccc(-c2ccccc2)cc1. The maximum atomic E-state index is 12.5. The van der Waals surface area contributed by atoms with Gasteiger partial charge in [-0.25, -0.2) is 0 Å². The average Bonchev–Trinajstić information content (AvgIpc) is 2.71. The summed E-state index contributed by atoms with van der Waals surface area (Å²) in [4.78, 5) is 12.5. The summed E-state index contributed by atoms with van der Waals surface area (Å²) in [6.07, 6.45) is -0.678. The second-order valence-corrected chi connectivity index (χ2v) is 6.85. The number of methoxy groups -OCH3 is 1. The smallest absolute Gasteiger partial charge is 0.265 e. The molecule has 0 bridgehead atoms. The Hall–Kier alpha value is -2.98. The molecule has 0 aliphatic heterocycles. The zero-order chi connectivity index (χ0) is 20.1. The van der Waals surface area contributed by atoms with Crippen molar-refractivity contribution >= 4 is 23.2 Å². The van der Waals surface area contributed by atoms with Crippen LogP contribution in [0.5, 0.6) is 11.5 Å². The van der Waals surface area contributed by atoms with Gasteiger partial charge in [0.25, 0.3) is 5.91 Å². The number of nitrogens with one attached hydrogen (secondary N) is 1. The molecule has 144 valence electrons. The van der Waals surface area contributed by atoms with Crippen LogP contribution < -0.4 is 14.8 Å². The summed E-state index contributed by atoms with van der Waals surface area (Å²) in [7, 11) is 1.53. The Morgan fingerprint density at radius 1 is 1.00 bits per heavy atom. The lowest BCUT2D eigenvalue weighted by Crippen LogP contribution is -2.30. The molecule has 0 saturated heterocycles. The van der Waals surface area contributed by atoms with Crippen LogP contribution in [-0.4, -0.2) is 19.1 Å². The summed E-state index contributed by atoms with van der Waals surface area (Å²) in [6.45, 7) is 3.57. The summed E-state index contributed by atoms with van der Waals surface area (Å²) >= 11 is 6.11. The third-order valence-corrected chi connectivity index (χ3v) is 4.79. The number of benzene rings is 3. The molecule has 4 nitrogen and oxygen atoms in total. The van der Waals surface area contributed by atoms with Gasteiger partial charge in [-0.2, -0.15) is 0 Å². The molecule has 0 heterocycles. The monoisotopic (exact) mass is 395 g/mol. The van der Waals surface area contributed by atoms with Crippen LogP contribution in [0.1, 0.15) is 12.5 Å². The summed E-state index contributed by atoms with van der Waals surface area (Å²) in [5.74, 6) is 0.858. The van der Waals surface area contributed by atoms with Crippen molar-refractivity contribution in [2.45, 2.75) is 20.0 Å². The van der Waals surface area contributed by atoms with Gasteiger partial charge < -0.3 is 14.8 Å². The second kappa shape index (κ2) is 8.81. The van der Waals surface area contributed by atoms with Gasteiger partial charge in [-0.05, 0) is 48.7 Å². The van der Waals surface area contributed by atoms with E-state index in [-0.39, 0.29) is 5.91 Å². The number of halogens is 1. The van der Waals surface area contributed by atoms with Crippen LogP contribution in [0.4, 0.5) is 5.69 Å². The fourth-order valence-corrected chi connectivity index (χ4v) is 2.93. The van der Waals surface area contributed by atoms with Crippen LogP contribution in [0.2, 0.25) is 5.02 Å². The van der Waals surface area contributed by atoms with Crippen LogP contribution in [-0.2, 0) is 4.79 Å². The number of rotatable bonds is 6. The van der Waals surface area contributed by atoms with Crippen molar-refractivity contribution in [2.75, 3.05) is 12.4 Å². The molecule has 1 atom stereocenters. The fourth-order valence-electron chi connectivity index (χ4n) is 2.78. The average molecular weight is 396 g/mol. The number of amides is 1. The zero-order valence-electron chi connectivity index (χ0n) is 16.0. The molecule has 28 heavy (non-hydrogen) atoms. The van der Waals surface area contributed by atoms with E-state index in [9.17, 15) is 4.79 Å². The van der Waals surface area contributed by atoms with Gasteiger partial charge in [0.15, 0.2) is 6.10 Å². The Labute approximate surface area is 170 Å². The van der Waals surface area contributed by atoms with Gasteiger partial charge in [0, 0.05) is 11.1 Å². The normalized spacial score (nSPS) is 11.6. The summed E-state index contributed by atoms with van der Waals surface area (Å²) in [5, 5.41) is 3.42. The van der Waals surface area contributed by atoms with E-state index in [1.165, 1.54) is 7.11 Å². The van der Waals surface area contributed by atoms with Crippen LogP contribution in [0.3, 0.4) is 0 Å². The van der Waals surface area contributed by atoms with Crippen LogP contribution in [0.15, 0.2) is 66.7 Å². The van der Waals surface area contributed by atoms with E-state index in [2.05, 4.69) is 5.32 Å². The molecule has 3 rings (SSSR count). The van der Waals surface area contributed by atoms with Crippen LogP contribution >= 0.6 is 11.6 Å². The third kappa shape index (κ3) is 4.65.